The molecule has 0 aromatic carbocycles. The average Bonchev–Trinajstić information content (AvgIpc) is 3.52. The maximum atomic E-state index is 15.9. The fourth-order valence-electron chi connectivity index (χ4n) is 16.2. The lowest BCUT2D eigenvalue weighted by Crippen LogP contribution is -2.68. The molecule has 0 spiro atoms. The molecule has 0 amide bonds. The molecule has 8 fully saturated rings. The van der Waals surface area contributed by atoms with Crippen molar-refractivity contribution < 1.29 is 119 Å². The quantitative estimate of drug-likeness (QED) is 0.0667. The van der Waals surface area contributed by atoms with E-state index in [1.165, 1.54) is 0 Å². The van der Waals surface area contributed by atoms with Crippen molar-refractivity contribution in [3.8, 4) is 0 Å². The van der Waals surface area contributed by atoms with Gasteiger partial charge >= 0.3 is 5.97 Å². The van der Waals surface area contributed by atoms with Gasteiger partial charge in [0.1, 0.15) is 85.5 Å². The van der Waals surface area contributed by atoms with Crippen molar-refractivity contribution in [3.63, 3.8) is 0 Å². The summed E-state index contributed by atoms with van der Waals surface area (Å²) in [6, 6.07) is 0. The summed E-state index contributed by atoms with van der Waals surface area (Å²) in [7, 11) is 0. The van der Waals surface area contributed by atoms with Crippen LogP contribution < -0.4 is 0 Å². The molecule has 24 nitrogen and oxygen atoms in total. The van der Waals surface area contributed by atoms with E-state index in [9.17, 15) is 76.6 Å². The first-order valence-corrected chi connectivity index (χ1v) is 27.5. The number of ether oxygens (including phenoxy) is 8. The van der Waals surface area contributed by atoms with Crippen LogP contribution in [0.4, 0.5) is 0 Å². The van der Waals surface area contributed by atoms with E-state index in [1.807, 2.05) is 6.92 Å². The maximum Gasteiger partial charge on any atom is 0.315 e. The molecule has 4 aliphatic heterocycles. The number of aliphatic hydroxyl groups is 15. The molecule has 0 aromatic rings. The molecule has 0 aromatic heterocycles. The van der Waals surface area contributed by atoms with Gasteiger partial charge in [-0.25, -0.2) is 0 Å². The fourth-order valence-corrected chi connectivity index (χ4v) is 16.2. The molecule has 9 rings (SSSR count). The molecule has 0 unspecified atom stereocenters. The Morgan fingerprint density at radius 2 is 1.17 bits per heavy atom. The van der Waals surface area contributed by atoms with Gasteiger partial charge in [-0.2, -0.15) is 0 Å². The third-order valence-electron chi connectivity index (χ3n) is 21.1. The van der Waals surface area contributed by atoms with Crippen molar-refractivity contribution >= 4 is 5.97 Å². The second kappa shape index (κ2) is 21.8. The highest BCUT2D eigenvalue weighted by atomic mass is 16.8. The SMILES string of the molecule is CC1(C)CC[C@]2(C(=O)O[C@@H]3O[C@H](CO[C@@H]4OC[C@@H](O)[C@H](O)[C@H]4O)[C@@H](O)[C@H](O[C@@H]4O[C@H](CO)[C@@H](O)[C@H](O)[C@H]4O)[C@H]3O[C@@H]3O[C@H](CO)[C@@H](O)[C@H](O)[C@H]3O)CC[C@]3(C)C(=CC[C@@H]4[C@@]5(C)C[C@H](O)[C@H](O)[C@@](C)(CO)[C@@H]5CC[C@]43C)[C@@H]2C1. The van der Waals surface area contributed by atoms with Crippen molar-refractivity contribution in [2.75, 3.05) is 33.0 Å². The molecule has 4 saturated heterocycles. The fraction of sp³-hybridized carbons (Fsp3) is 0.943. The molecule has 9 aliphatic rings. The highest BCUT2D eigenvalue weighted by Crippen LogP contribution is 2.76. The molecular formula is C53H86O24. The van der Waals surface area contributed by atoms with E-state index < -0.39 is 189 Å². The van der Waals surface area contributed by atoms with Crippen LogP contribution in [0, 0.1) is 50.2 Å². The Bertz CT molecular complexity index is 2120. The number of fused-ring (bicyclic) bond motifs is 7. The van der Waals surface area contributed by atoms with Crippen molar-refractivity contribution in [2.24, 2.45) is 50.2 Å². The van der Waals surface area contributed by atoms with Crippen LogP contribution in [0.1, 0.15) is 99.3 Å². The summed E-state index contributed by atoms with van der Waals surface area (Å²) in [5, 5.41) is 163. The molecule has 442 valence electrons. The number of esters is 1. The first-order valence-electron chi connectivity index (χ1n) is 27.5. The van der Waals surface area contributed by atoms with Gasteiger partial charge in [0.15, 0.2) is 25.0 Å². The Morgan fingerprint density at radius 1 is 0.597 bits per heavy atom. The molecule has 0 radical (unpaired) electrons. The number of hydrogen-bond donors (Lipinski definition) is 15. The minimum atomic E-state index is -2.07. The monoisotopic (exact) mass is 1110 g/mol. The summed E-state index contributed by atoms with van der Waals surface area (Å²) in [5.74, 6) is -1.21. The van der Waals surface area contributed by atoms with Gasteiger partial charge in [0, 0.05) is 5.41 Å². The van der Waals surface area contributed by atoms with Crippen LogP contribution in [-0.2, 0) is 42.7 Å². The van der Waals surface area contributed by atoms with Crippen LogP contribution in [-0.4, -0.2) is 245 Å². The highest BCUT2D eigenvalue weighted by molar-refractivity contribution is 5.79. The van der Waals surface area contributed by atoms with Crippen LogP contribution in [0.2, 0.25) is 0 Å². The normalized spacial score (nSPS) is 54.7. The van der Waals surface area contributed by atoms with Gasteiger partial charge in [-0.05, 0) is 97.2 Å². The van der Waals surface area contributed by atoms with Gasteiger partial charge in [0.25, 0.3) is 0 Å². The second-order valence-electron chi connectivity index (χ2n) is 25.9. The zero-order valence-corrected chi connectivity index (χ0v) is 44.7. The molecular weight excluding hydrogens is 1020 g/mol. The van der Waals surface area contributed by atoms with Crippen LogP contribution >= 0.6 is 0 Å². The second-order valence-corrected chi connectivity index (χ2v) is 25.9. The number of hydrogen-bond acceptors (Lipinski definition) is 24. The van der Waals surface area contributed by atoms with Gasteiger partial charge in [0.2, 0.25) is 6.29 Å². The summed E-state index contributed by atoms with van der Waals surface area (Å²) in [5.41, 5.74) is -2.64. The molecule has 24 heteroatoms. The van der Waals surface area contributed by atoms with E-state index in [0.717, 1.165) is 12.0 Å². The third-order valence-corrected chi connectivity index (χ3v) is 21.1. The molecule has 77 heavy (non-hydrogen) atoms. The van der Waals surface area contributed by atoms with E-state index in [4.69, 9.17) is 37.9 Å². The number of carbonyl (C=O) groups is 1. The molecule has 0 bridgehead atoms. The summed E-state index contributed by atoms with van der Waals surface area (Å²) in [4.78, 5) is 15.9. The maximum absolute atomic E-state index is 15.9. The highest BCUT2D eigenvalue weighted by Gasteiger charge is 2.71. The lowest BCUT2D eigenvalue weighted by molar-refractivity contribution is -0.391. The van der Waals surface area contributed by atoms with Crippen molar-refractivity contribution in [1.29, 1.82) is 0 Å². The zero-order valence-electron chi connectivity index (χ0n) is 44.7. The van der Waals surface area contributed by atoms with Gasteiger partial charge in [0.05, 0.1) is 50.7 Å². The van der Waals surface area contributed by atoms with E-state index >= 15 is 4.79 Å². The van der Waals surface area contributed by atoms with E-state index in [1.54, 1.807) is 0 Å². The number of allylic oxidation sites excluding steroid dienone is 2. The number of aliphatic hydroxyl groups excluding tert-OH is 15. The summed E-state index contributed by atoms with van der Waals surface area (Å²) < 4.78 is 48.2. The Morgan fingerprint density at radius 3 is 1.77 bits per heavy atom. The minimum Gasteiger partial charge on any atom is -0.432 e. The zero-order chi connectivity index (χ0) is 56.3. The summed E-state index contributed by atoms with van der Waals surface area (Å²) in [6.07, 6.45) is -30.0. The Kier molecular flexibility index (Phi) is 17.0. The average molecular weight is 1110 g/mol. The van der Waals surface area contributed by atoms with Gasteiger partial charge in [-0.3, -0.25) is 4.79 Å². The van der Waals surface area contributed by atoms with Crippen molar-refractivity contribution in [3.05, 3.63) is 11.6 Å². The van der Waals surface area contributed by atoms with E-state index in [-0.39, 0.29) is 29.3 Å². The molecule has 4 heterocycles. The molecule has 15 N–H and O–H groups in total. The predicted molar refractivity (Wildman–Crippen MR) is 260 cm³/mol. The van der Waals surface area contributed by atoms with Gasteiger partial charge < -0.3 is 114 Å². The lowest BCUT2D eigenvalue weighted by atomic mass is 9.33. The van der Waals surface area contributed by atoms with Crippen LogP contribution in [0.5, 0.6) is 0 Å². The first kappa shape index (κ1) is 59.9. The largest absolute Gasteiger partial charge is 0.432 e. The van der Waals surface area contributed by atoms with E-state index in [0.29, 0.717) is 51.4 Å². The predicted octanol–water partition coefficient (Wildman–Crippen LogP) is -3.45. The Labute approximate surface area is 447 Å². The molecule has 5 aliphatic carbocycles. The summed E-state index contributed by atoms with van der Waals surface area (Å²) >= 11 is 0. The Hall–Kier alpha value is -1.67. The topological polar surface area (TPSA) is 394 Å². The van der Waals surface area contributed by atoms with Crippen molar-refractivity contribution in [1.82, 2.24) is 0 Å². The first-order chi connectivity index (χ1) is 36.1. The van der Waals surface area contributed by atoms with Crippen LogP contribution in [0.25, 0.3) is 0 Å². The third kappa shape index (κ3) is 9.79. The number of carbonyl (C=O) groups excluding carboxylic acids is 1. The van der Waals surface area contributed by atoms with Crippen molar-refractivity contribution in [2.45, 2.75) is 228 Å². The lowest BCUT2D eigenvalue weighted by Gasteiger charge is -2.71. The van der Waals surface area contributed by atoms with Crippen LogP contribution in [0.3, 0.4) is 0 Å². The van der Waals surface area contributed by atoms with E-state index in [2.05, 4.69) is 40.7 Å². The van der Waals surface area contributed by atoms with Gasteiger partial charge in [-0.1, -0.05) is 53.2 Å². The standard InChI is InChI=1S/C53H86O24/c1-48(2)11-13-53(14-12-51(5)22(23(53)15-48)7-8-30-49(3)16-24(57)42(68)50(4,21-56)29(49)9-10-52(30,51)6)47(69)77-46-41(76-45-39(67)36(64)33(61)27(18-55)73-45)40(75-44-38(66)35(63)32(60)26(17-54)72-44)34(62)28(74-46)20-71-43-37(65)31(59)25(58)19-70-43/h7,23-46,54-68H,8-21H2,1-6H3/t23-,24-,25+,26+,27+,28+,29+,30+,31-,32+,33+,34+,35-,36-,37+,38+,39+,40-,41+,42-,43-,44-,45-,46-,49-,50-,51+,52+,53-/m0/s1. The smallest absolute Gasteiger partial charge is 0.315 e. The molecule has 29 atom stereocenters. The molecule has 4 saturated carbocycles. The van der Waals surface area contributed by atoms with Gasteiger partial charge in [-0.15, -0.1) is 0 Å². The minimum absolute atomic E-state index is 0.0298. The Balaban J connectivity index is 1.09. The number of rotatable bonds is 12. The summed E-state index contributed by atoms with van der Waals surface area (Å²) in [6.45, 7) is 9.70. The van der Waals surface area contributed by atoms with Crippen LogP contribution in [0.15, 0.2) is 11.6 Å².